The molecule has 0 bridgehead atoms. The first-order chi connectivity index (χ1) is 10.1. The number of carbonyl (C=O) groups is 1. The predicted octanol–water partition coefficient (Wildman–Crippen LogP) is -0.864. The van der Waals surface area contributed by atoms with E-state index in [-0.39, 0.29) is 51.5 Å². The predicted molar refractivity (Wildman–Crippen MR) is 77.0 cm³/mol. The molecule has 0 saturated heterocycles. The molecule has 2 aromatic carbocycles. The first-order valence-electron chi connectivity index (χ1n) is 6.43. The van der Waals surface area contributed by atoms with Crippen molar-refractivity contribution in [3.63, 3.8) is 0 Å². The smallest absolute Gasteiger partial charge is 0.545 e. The normalized spacial score (nSPS) is 10.2. The van der Waals surface area contributed by atoms with Crippen molar-refractivity contribution >= 4 is 16.9 Å². The third-order valence-corrected chi connectivity index (χ3v) is 3.40. The minimum atomic E-state index is -1.37. The van der Waals surface area contributed by atoms with Crippen LogP contribution in [0, 0.1) is 6.92 Å². The van der Waals surface area contributed by atoms with Gasteiger partial charge in [-0.3, -0.25) is 4.79 Å². The fraction of sp³-hybridized carbons (Fsp3) is 0.0588. The van der Waals surface area contributed by atoms with E-state index in [9.17, 15) is 14.7 Å². The van der Waals surface area contributed by atoms with E-state index in [1.807, 2.05) is 18.2 Å². The molecule has 0 aliphatic heterocycles. The Hall–Kier alpha value is -1.88. The van der Waals surface area contributed by atoms with Crippen molar-refractivity contribution in [3.05, 3.63) is 69.9 Å². The van der Waals surface area contributed by atoms with Gasteiger partial charge in [-0.15, -0.1) is 0 Å². The fourth-order valence-corrected chi connectivity index (χ4v) is 2.34. The van der Waals surface area contributed by atoms with Gasteiger partial charge in [0, 0.05) is 16.7 Å². The minimum absolute atomic E-state index is 0. The molecule has 3 rings (SSSR count). The topological polar surface area (TPSA) is 70.3 Å². The van der Waals surface area contributed by atoms with Crippen LogP contribution in [-0.2, 0) is 0 Å². The van der Waals surface area contributed by atoms with Gasteiger partial charge in [-0.25, -0.2) is 0 Å². The Morgan fingerprint density at radius 3 is 2.36 bits per heavy atom. The minimum Gasteiger partial charge on any atom is -0.545 e. The van der Waals surface area contributed by atoms with Crippen LogP contribution in [0.4, 0.5) is 0 Å². The van der Waals surface area contributed by atoms with Gasteiger partial charge >= 0.3 is 29.6 Å². The number of benzene rings is 2. The third kappa shape index (κ3) is 2.73. The van der Waals surface area contributed by atoms with E-state index in [1.165, 1.54) is 12.1 Å². The van der Waals surface area contributed by atoms with Gasteiger partial charge in [0.05, 0.1) is 11.4 Å². The zero-order valence-corrected chi connectivity index (χ0v) is 14.3. The van der Waals surface area contributed by atoms with Crippen molar-refractivity contribution in [1.82, 2.24) is 0 Å². The third-order valence-electron chi connectivity index (χ3n) is 3.40. The molecule has 0 aliphatic rings. The average Bonchev–Trinajstić information content (AvgIpc) is 2.51. The molecule has 3 aromatic rings. The number of carbonyl (C=O) groups excluding carboxylic acids is 1. The number of hydrogen-bond donors (Lipinski definition) is 0. The zero-order chi connectivity index (χ0) is 15.0. The van der Waals surface area contributed by atoms with Crippen LogP contribution < -0.4 is 40.1 Å². The van der Waals surface area contributed by atoms with Gasteiger partial charge in [-0.05, 0) is 19.1 Å². The van der Waals surface area contributed by atoms with Gasteiger partial charge in [0.25, 0.3) is 0 Å². The number of hydrogen-bond acceptors (Lipinski definition) is 4. The summed E-state index contributed by atoms with van der Waals surface area (Å²) in [7, 11) is 0. The molecule has 0 saturated carbocycles. The molecular formula is C17H11NaO4. The zero-order valence-electron chi connectivity index (χ0n) is 12.3. The van der Waals surface area contributed by atoms with Gasteiger partial charge in [0.1, 0.15) is 11.3 Å². The van der Waals surface area contributed by atoms with Crippen molar-refractivity contribution in [2.75, 3.05) is 0 Å². The second-order valence-corrected chi connectivity index (χ2v) is 4.72. The quantitative estimate of drug-likeness (QED) is 0.577. The summed E-state index contributed by atoms with van der Waals surface area (Å²) in [5.74, 6) is -0.992. The van der Waals surface area contributed by atoms with Crippen LogP contribution in [-0.4, -0.2) is 5.97 Å². The maximum Gasteiger partial charge on any atom is 1.00 e. The van der Waals surface area contributed by atoms with E-state index in [4.69, 9.17) is 4.42 Å². The molecule has 4 nitrogen and oxygen atoms in total. The Kier molecular flexibility index (Phi) is 4.86. The molecule has 0 amide bonds. The average molecular weight is 302 g/mol. The summed E-state index contributed by atoms with van der Waals surface area (Å²) < 4.78 is 5.73. The fourth-order valence-electron chi connectivity index (χ4n) is 2.34. The molecule has 0 unspecified atom stereocenters. The number of aromatic carboxylic acids is 1. The van der Waals surface area contributed by atoms with E-state index >= 15 is 0 Å². The molecule has 0 aliphatic carbocycles. The van der Waals surface area contributed by atoms with Crippen molar-refractivity contribution in [1.29, 1.82) is 0 Å². The molecule has 0 N–H and O–H groups in total. The number of carboxylic acids is 1. The molecule has 0 radical (unpaired) electrons. The number of fused-ring (bicyclic) bond motifs is 1. The molecule has 0 fully saturated rings. The molecule has 5 heteroatoms. The van der Waals surface area contributed by atoms with E-state index in [0.717, 1.165) is 5.56 Å². The Bertz CT molecular complexity index is 898. The van der Waals surface area contributed by atoms with Gasteiger partial charge in [0.15, 0.2) is 5.43 Å². The summed E-state index contributed by atoms with van der Waals surface area (Å²) in [6.45, 7) is 1.67. The number of para-hydroxylation sites is 1. The van der Waals surface area contributed by atoms with E-state index in [1.54, 1.807) is 25.1 Å². The standard InChI is InChI=1S/C17H12O4.Na/c1-10-14(18)12-8-5-9-13(17(19)20)16(12)21-15(10)11-6-3-2-4-7-11;/h2-9H,1H3,(H,19,20);/q;+1/p-1. The summed E-state index contributed by atoms with van der Waals surface area (Å²) >= 11 is 0. The maximum absolute atomic E-state index is 12.4. The summed E-state index contributed by atoms with van der Waals surface area (Å²) in [5, 5.41) is 11.4. The second-order valence-electron chi connectivity index (χ2n) is 4.72. The number of rotatable bonds is 2. The Morgan fingerprint density at radius 1 is 1.05 bits per heavy atom. The van der Waals surface area contributed by atoms with Crippen molar-refractivity contribution in [3.8, 4) is 11.3 Å². The Labute approximate surface area is 148 Å². The SMILES string of the molecule is Cc1c(-c2ccccc2)oc2c(C(=O)[O-])cccc2c1=O.[Na+]. The van der Waals surface area contributed by atoms with Gasteiger partial charge in [-0.2, -0.15) is 0 Å². The molecule has 104 valence electrons. The van der Waals surface area contributed by atoms with E-state index < -0.39 is 5.97 Å². The van der Waals surface area contributed by atoms with Crippen LogP contribution in [0.15, 0.2) is 57.7 Å². The molecule has 1 heterocycles. The number of carboxylic acid groups (broad SMARTS) is 1. The Balaban J connectivity index is 0.00000176. The van der Waals surface area contributed by atoms with Crippen LogP contribution in [0.5, 0.6) is 0 Å². The molecule has 0 atom stereocenters. The van der Waals surface area contributed by atoms with Crippen LogP contribution in [0.2, 0.25) is 0 Å². The molecule has 22 heavy (non-hydrogen) atoms. The summed E-state index contributed by atoms with van der Waals surface area (Å²) in [5.41, 5.74) is 0.860. The van der Waals surface area contributed by atoms with Gasteiger partial charge < -0.3 is 14.3 Å². The van der Waals surface area contributed by atoms with Crippen molar-refractivity contribution in [2.45, 2.75) is 6.92 Å². The Morgan fingerprint density at radius 2 is 1.73 bits per heavy atom. The molecular weight excluding hydrogens is 291 g/mol. The van der Waals surface area contributed by atoms with Crippen LogP contribution >= 0.6 is 0 Å². The first kappa shape index (κ1) is 16.5. The first-order valence-corrected chi connectivity index (χ1v) is 6.43. The maximum atomic E-state index is 12.4. The molecule has 0 spiro atoms. The second kappa shape index (κ2) is 6.48. The largest absolute Gasteiger partial charge is 1.00 e. The molecule has 1 aromatic heterocycles. The van der Waals surface area contributed by atoms with Gasteiger partial charge in [0.2, 0.25) is 0 Å². The van der Waals surface area contributed by atoms with Crippen LogP contribution in [0.1, 0.15) is 15.9 Å². The van der Waals surface area contributed by atoms with Crippen LogP contribution in [0.25, 0.3) is 22.3 Å². The summed E-state index contributed by atoms with van der Waals surface area (Å²) in [4.78, 5) is 23.6. The van der Waals surface area contributed by atoms with Crippen LogP contribution in [0.3, 0.4) is 0 Å². The monoisotopic (exact) mass is 302 g/mol. The van der Waals surface area contributed by atoms with E-state index in [0.29, 0.717) is 11.3 Å². The van der Waals surface area contributed by atoms with E-state index in [2.05, 4.69) is 0 Å². The van der Waals surface area contributed by atoms with Crippen molar-refractivity contribution < 1.29 is 43.9 Å². The van der Waals surface area contributed by atoms with Crippen molar-refractivity contribution in [2.24, 2.45) is 0 Å². The van der Waals surface area contributed by atoms with Gasteiger partial charge in [-0.1, -0.05) is 36.4 Å². The summed E-state index contributed by atoms with van der Waals surface area (Å²) in [6, 6.07) is 13.5. The summed E-state index contributed by atoms with van der Waals surface area (Å²) in [6.07, 6.45) is 0.